The highest BCUT2D eigenvalue weighted by Crippen LogP contribution is 2.19. The molecule has 0 atom stereocenters. The van der Waals surface area contributed by atoms with E-state index in [1.165, 1.54) is 0 Å². The average molecular weight is 274 g/mol. The predicted octanol–water partition coefficient (Wildman–Crippen LogP) is 1.62. The SMILES string of the molecule is CC1(NC(=O)COc2ccc(C#N)cc2)CCOCC1. The van der Waals surface area contributed by atoms with Crippen molar-refractivity contribution in [3.63, 3.8) is 0 Å². The fourth-order valence-corrected chi connectivity index (χ4v) is 2.09. The summed E-state index contributed by atoms with van der Waals surface area (Å²) in [6, 6.07) is 8.72. The number of benzene rings is 1. The summed E-state index contributed by atoms with van der Waals surface area (Å²) < 4.78 is 10.7. The highest BCUT2D eigenvalue weighted by Gasteiger charge is 2.28. The second-order valence-corrected chi connectivity index (χ2v) is 5.15. The largest absolute Gasteiger partial charge is 0.484 e. The first-order valence-electron chi connectivity index (χ1n) is 6.63. The minimum atomic E-state index is -0.205. The maximum absolute atomic E-state index is 11.9. The zero-order chi connectivity index (χ0) is 14.4. The van der Waals surface area contributed by atoms with E-state index in [-0.39, 0.29) is 18.1 Å². The van der Waals surface area contributed by atoms with Crippen LogP contribution in [-0.4, -0.2) is 31.3 Å². The predicted molar refractivity (Wildman–Crippen MR) is 73.3 cm³/mol. The molecule has 1 amide bonds. The number of carbonyl (C=O) groups excluding carboxylic acids is 1. The Labute approximate surface area is 118 Å². The maximum atomic E-state index is 11.9. The number of rotatable bonds is 4. The van der Waals surface area contributed by atoms with Crippen molar-refractivity contribution in [2.75, 3.05) is 19.8 Å². The molecule has 20 heavy (non-hydrogen) atoms. The van der Waals surface area contributed by atoms with E-state index in [0.29, 0.717) is 24.5 Å². The van der Waals surface area contributed by atoms with Gasteiger partial charge in [0.15, 0.2) is 6.61 Å². The van der Waals surface area contributed by atoms with Gasteiger partial charge in [-0.25, -0.2) is 0 Å². The highest BCUT2D eigenvalue weighted by atomic mass is 16.5. The topological polar surface area (TPSA) is 71.3 Å². The van der Waals surface area contributed by atoms with Crippen LogP contribution < -0.4 is 10.1 Å². The van der Waals surface area contributed by atoms with Gasteiger partial charge in [-0.1, -0.05) is 0 Å². The molecule has 5 heteroatoms. The molecule has 0 aromatic heterocycles. The van der Waals surface area contributed by atoms with Crippen molar-refractivity contribution in [2.45, 2.75) is 25.3 Å². The van der Waals surface area contributed by atoms with Crippen LogP contribution >= 0.6 is 0 Å². The molecule has 0 aliphatic carbocycles. The van der Waals surface area contributed by atoms with Gasteiger partial charge in [-0.2, -0.15) is 5.26 Å². The third kappa shape index (κ3) is 3.97. The van der Waals surface area contributed by atoms with E-state index in [1.807, 2.05) is 13.0 Å². The molecule has 2 rings (SSSR count). The van der Waals surface area contributed by atoms with E-state index in [0.717, 1.165) is 12.8 Å². The molecule has 1 saturated heterocycles. The van der Waals surface area contributed by atoms with Gasteiger partial charge in [0, 0.05) is 18.8 Å². The number of carbonyl (C=O) groups is 1. The van der Waals surface area contributed by atoms with Gasteiger partial charge in [0.1, 0.15) is 5.75 Å². The second-order valence-electron chi connectivity index (χ2n) is 5.15. The molecule has 0 saturated carbocycles. The molecule has 1 N–H and O–H groups in total. The molecule has 1 heterocycles. The summed E-state index contributed by atoms with van der Waals surface area (Å²) in [5.41, 5.74) is 0.361. The highest BCUT2D eigenvalue weighted by molar-refractivity contribution is 5.78. The van der Waals surface area contributed by atoms with Crippen LogP contribution in [0.25, 0.3) is 0 Å². The summed E-state index contributed by atoms with van der Waals surface area (Å²) >= 11 is 0. The number of hydrogen-bond donors (Lipinski definition) is 1. The van der Waals surface area contributed by atoms with Gasteiger partial charge >= 0.3 is 0 Å². The van der Waals surface area contributed by atoms with Gasteiger partial charge in [-0.05, 0) is 44.0 Å². The Kier molecular flexibility index (Phi) is 4.59. The van der Waals surface area contributed by atoms with E-state index in [4.69, 9.17) is 14.7 Å². The minimum Gasteiger partial charge on any atom is -0.484 e. The van der Waals surface area contributed by atoms with Crippen LogP contribution in [0.15, 0.2) is 24.3 Å². The molecule has 106 valence electrons. The molecule has 0 unspecified atom stereocenters. The summed E-state index contributed by atoms with van der Waals surface area (Å²) in [5, 5.41) is 11.7. The van der Waals surface area contributed by atoms with Crippen molar-refractivity contribution in [3.05, 3.63) is 29.8 Å². The zero-order valence-corrected chi connectivity index (χ0v) is 11.5. The van der Waals surface area contributed by atoms with Crippen LogP contribution in [0.2, 0.25) is 0 Å². The number of nitrogens with one attached hydrogen (secondary N) is 1. The van der Waals surface area contributed by atoms with Gasteiger partial charge in [0.2, 0.25) is 0 Å². The Morgan fingerprint density at radius 1 is 1.40 bits per heavy atom. The first-order chi connectivity index (χ1) is 9.61. The number of nitrogens with zero attached hydrogens (tertiary/aromatic N) is 1. The third-order valence-electron chi connectivity index (χ3n) is 3.39. The summed E-state index contributed by atoms with van der Waals surface area (Å²) in [5.74, 6) is 0.440. The standard InChI is InChI=1S/C15H18N2O3/c1-15(6-8-19-9-7-15)17-14(18)11-20-13-4-2-12(10-16)3-5-13/h2-5H,6-9,11H2,1H3,(H,17,18). The Morgan fingerprint density at radius 2 is 2.05 bits per heavy atom. The summed E-state index contributed by atoms with van der Waals surface area (Å²) in [6.45, 7) is 3.35. The van der Waals surface area contributed by atoms with Crippen LogP contribution in [0.4, 0.5) is 0 Å². The van der Waals surface area contributed by atoms with Crippen LogP contribution in [0.3, 0.4) is 0 Å². The Hall–Kier alpha value is -2.06. The summed E-state index contributed by atoms with van der Waals surface area (Å²) in [7, 11) is 0. The molecule has 1 aliphatic rings. The van der Waals surface area contributed by atoms with Gasteiger partial charge in [0.25, 0.3) is 5.91 Å². The van der Waals surface area contributed by atoms with E-state index in [9.17, 15) is 4.79 Å². The van der Waals surface area contributed by atoms with E-state index in [2.05, 4.69) is 5.32 Å². The normalized spacial score (nSPS) is 17.0. The van der Waals surface area contributed by atoms with Crippen molar-refractivity contribution in [1.29, 1.82) is 5.26 Å². The van der Waals surface area contributed by atoms with Gasteiger partial charge in [-0.15, -0.1) is 0 Å². The quantitative estimate of drug-likeness (QED) is 0.905. The monoisotopic (exact) mass is 274 g/mol. The van der Waals surface area contributed by atoms with Crippen molar-refractivity contribution in [2.24, 2.45) is 0 Å². The lowest BCUT2D eigenvalue weighted by molar-refractivity contribution is -0.126. The van der Waals surface area contributed by atoms with E-state index >= 15 is 0 Å². The number of hydrogen-bond acceptors (Lipinski definition) is 4. The van der Waals surface area contributed by atoms with Crippen LogP contribution in [-0.2, 0) is 9.53 Å². The molecule has 1 aliphatic heterocycles. The van der Waals surface area contributed by atoms with Crippen molar-refractivity contribution in [1.82, 2.24) is 5.32 Å². The smallest absolute Gasteiger partial charge is 0.258 e. The molecular weight excluding hydrogens is 256 g/mol. The lowest BCUT2D eigenvalue weighted by atomic mass is 9.92. The number of ether oxygens (including phenoxy) is 2. The third-order valence-corrected chi connectivity index (χ3v) is 3.39. The molecule has 1 fully saturated rings. The molecule has 1 aromatic rings. The maximum Gasteiger partial charge on any atom is 0.258 e. The average Bonchev–Trinajstić information content (AvgIpc) is 2.46. The summed E-state index contributed by atoms with van der Waals surface area (Å²) in [4.78, 5) is 11.9. The Morgan fingerprint density at radius 3 is 2.65 bits per heavy atom. The molecule has 1 aromatic carbocycles. The Balaban J connectivity index is 1.81. The first kappa shape index (κ1) is 14.4. The lowest BCUT2D eigenvalue weighted by Gasteiger charge is -2.34. The van der Waals surface area contributed by atoms with Crippen LogP contribution in [0.1, 0.15) is 25.3 Å². The first-order valence-corrected chi connectivity index (χ1v) is 6.63. The fraction of sp³-hybridized carbons (Fsp3) is 0.467. The molecule has 0 bridgehead atoms. The van der Waals surface area contributed by atoms with Gasteiger partial charge in [-0.3, -0.25) is 4.79 Å². The Bertz CT molecular complexity index is 499. The number of nitriles is 1. The van der Waals surface area contributed by atoms with Gasteiger partial charge < -0.3 is 14.8 Å². The summed E-state index contributed by atoms with van der Waals surface area (Å²) in [6.07, 6.45) is 1.63. The van der Waals surface area contributed by atoms with Crippen LogP contribution in [0, 0.1) is 11.3 Å². The lowest BCUT2D eigenvalue weighted by Crippen LogP contribution is -2.50. The van der Waals surface area contributed by atoms with Crippen molar-refractivity contribution in [3.8, 4) is 11.8 Å². The molecule has 0 spiro atoms. The zero-order valence-electron chi connectivity index (χ0n) is 11.5. The minimum absolute atomic E-state index is 0.0254. The molecule has 5 nitrogen and oxygen atoms in total. The van der Waals surface area contributed by atoms with Gasteiger partial charge in [0.05, 0.1) is 11.6 Å². The fourth-order valence-electron chi connectivity index (χ4n) is 2.09. The van der Waals surface area contributed by atoms with Crippen LogP contribution in [0.5, 0.6) is 5.75 Å². The van der Waals surface area contributed by atoms with Crippen molar-refractivity contribution >= 4 is 5.91 Å². The molecule has 0 radical (unpaired) electrons. The van der Waals surface area contributed by atoms with Crippen molar-refractivity contribution < 1.29 is 14.3 Å². The second kappa shape index (κ2) is 6.40. The molecular formula is C15H18N2O3. The van der Waals surface area contributed by atoms with E-state index < -0.39 is 0 Å². The number of amides is 1. The van der Waals surface area contributed by atoms with E-state index in [1.54, 1.807) is 24.3 Å².